The zero-order valence-corrected chi connectivity index (χ0v) is 14.9. The molecule has 0 aromatic heterocycles. The molecule has 2 aromatic rings. The van der Waals surface area contributed by atoms with Gasteiger partial charge in [-0.15, -0.1) is 0 Å². The van der Waals surface area contributed by atoms with Crippen LogP contribution in [0.1, 0.15) is 10.4 Å². The van der Waals surface area contributed by atoms with E-state index in [0.29, 0.717) is 23.1 Å². The van der Waals surface area contributed by atoms with E-state index in [0.717, 1.165) is 24.5 Å². The van der Waals surface area contributed by atoms with E-state index in [1.54, 1.807) is 18.1 Å². The monoisotopic (exact) mass is 392 g/mol. The number of piperazine rings is 1. The Balaban J connectivity index is 1.65. The first-order chi connectivity index (χ1) is 11.6. The Morgan fingerprint density at radius 2 is 1.75 bits per heavy atom. The average molecular weight is 393 g/mol. The Bertz CT molecular complexity index is 728. The Kier molecular flexibility index (Phi) is 5.04. The molecule has 0 N–H and O–H groups in total. The van der Waals surface area contributed by atoms with Crippen LogP contribution in [0.3, 0.4) is 0 Å². The maximum atomic E-state index is 13.4. The molecule has 1 heterocycles. The molecule has 126 valence electrons. The minimum absolute atomic E-state index is 0.143. The number of halogens is 2. The highest BCUT2D eigenvalue weighted by atomic mass is 79.9. The van der Waals surface area contributed by atoms with Crippen molar-refractivity contribution in [3.63, 3.8) is 0 Å². The molecule has 1 aliphatic rings. The van der Waals surface area contributed by atoms with Crippen molar-refractivity contribution in [2.24, 2.45) is 0 Å². The van der Waals surface area contributed by atoms with E-state index in [4.69, 9.17) is 4.74 Å². The quantitative estimate of drug-likeness (QED) is 0.800. The third-order valence-corrected chi connectivity index (χ3v) is 4.85. The van der Waals surface area contributed by atoms with Crippen LogP contribution in [0.5, 0.6) is 5.75 Å². The standard InChI is InChI=1S/C18H18BrFN2O2/c1-24-15-5-3-14(4-6-15)21-8-10-22(11-9-21)18(23)16-12-13(20)2-7-17(16)19/h2-7,12H,8-11H2,1H3. The van der Waals surface area contributed by atoms with Gasteiger partial charge in [0.15, 0.2) is 0 Å². The third-order valence-electron chi connectivity index (χ3n) is 4.16. The predicted octanol–water partition coefficient (Wildman–Crippen LogP) is 3.56. The van der Waals surface area contributed by atoms with Crippen LogP contribution in [-0.2, 0) is 0 Å². The van der Waals surface area contributed by atoms with Gasteiger partial charge < -0.3 is 14.5 Å². The van der Waals surface area contributed by atoms with Crippen molar-refractivity contribution in [3.8, 4) is 5.75 Å². The van der Waals surface area contributed by atoms with Crippen LogP contribution in [0.2, 0.25) is 0 Å². The zero-order valence-electron chi connectivity index (χ0n) is 13.3. The zero-order chi connectivity index (χ0) is 17.1. The lowest BCUT2D eigenvalue weighted by Gasteiger charge is -2.36. The second-order valence-corrected chi connectivity index (χ2v) is 6.46. The first-order valence-corrected chi connectivity index (χ1v) is 8.51. The van der Waals surface area contributed by atoms with Gasteiger partial charge in [0, 0.05) is 36.3 Å². The van der Waals surface area contributed by atoms with Crippen molar-refractivity contribution < 1.29 is 13.9 Å². The summed E-state index contributed by atoms with van der Waals surface area (Å²) in [7, 11) is 1.64. The fourth-order valence-corrected chi connectivity index (χ4v) is 3.21. The summed E-state index contributed by atoms with van der Waals surface area (Å²) in [6.07, 6.45) is 0. The van der Waals surface area contributed by atoms with Gasteiger partial charge in [-0.05, 0) is 58.4 Å². The number of anilines is 1. The predicted molar refractivity (Wildman–Crippen MR) is 95.2 cm³/mol. The van der Waals surface area contributed by atoms with E-state index in [1.807, 2.05) is 24.3 Å². The van der Waals surface area contributed by atoms with Gasteiger partial charge in [0.25, 0.3) is 5.91 Å². The summed E-state index contributed by atoms with van der Waals surface area (Å²) >= 11 is 3.32. The van der Waals surface area contributed by atoms with Crippen LogP contribution >= 0.6 is 15.9 Å². The second kappa shape index (κ2) is 7.21. The van der Waals surface area contributed by atoms with Gasteiger partial charge in [-0.25, -0.2) is 4.39 Å². The number of carbonyl (C=O) groups is 1. The summed E-state index contributed by atoms with van der Waals surface area (Å²) in [5.41, 5.74) is 1.47. The molecular formula is C18H18BrFN2O2. The molecule has 0 saturated carbocycles. The maximum Gasteiger partial charge on any atom is 0.255 e. The summed E-state index contributed by atoms with van der Waals surface area (Å²) in [4.78, 5) is 16.6. The first-order valence-electron chi connectivity index (χ1n) is 7.72. The first kappa shape index (κ1) is 16.8. The van der Waals surface area contributed by atoms with Gasteiger partial charge in [0.1, 0.15) is 11.6 Å². The van der Waals surface area contributed by atoms with E-state index in [2.05, 4.69) is 20.8 Å². The molecule has 0 bridgehead atoms. The number of hydrogen-bond acceptors (Lipinski definition) is 3. The van der Waals surface area contributed by atoms with Gasteiger partial charge in [-0.1, -0.05) is 0 Å². The summed E-state index contributed by atoms with van der Waals surface area (Å²) in [5.74, 6) is 0.276. The average Bonchev–Trinajstić information content (AvgIpc) is 2.63. The SMILES string of the molecule is COc1ccc(N2CCN(C(=O)c3cc(F)ccc3Br)CC2)cc1. The molecule has 0 spiro atoms. The molecule has 6 heteroatoms. The van der Waals surface area contributed by atoms with Crippen LogP contribution in [-0.4, -0.2) is 44.1 Å². The number of methoxy groups -OCH3 is 1. The number of amides is 1. The van der Waals surface area contributed by atoms with Crippen LogP contribution < -0.4 is 9.64 Å². The number of benzene rings is 2. The van der Waals surface area contributed by atoms with Crippen molar-refractivity contribution in [2.45, 2.75) is 0 Å². The van der Waals surface area contributed by atoms with Crippen LogP contribution in [0.4, 0.5) is 10.1 Å². The fourth-order valence-electron chi connectivity index (χ4n) is 2.79. The summed E-state index contributed by atoms with van der Waals surface area (Å²) in [5, 5.41) is 0. The molecule has 0 aliphatic carbocycles. The highest BCUT2D eigenvalue weighted by molar-refractivity contribution is 9.10. The van der Waals surface area contributed by atoms with Crippen molar-refractivity contribution in [1.82, 2.24) is 4.90 Å². The molecule has 0 radical (unpaired) electrons. The van der Waals surface area contributed by atoms with Crippen molar-refractivity contribution in [2.75, 3.05) is 38.2 Å². The van der Waals surface area contributed by atoms with E-state index < -0.39 is 5.82 Å². The van der Waals surface area contributed by atoms with E-state index in [9.17, 15) is 9.18 Å². The molecule has 2 aromatic carbocycles. The number of rotatable bonds is 3. The van der Waals surface area contributed by atoms with E-state index >= 15 is 0 Å². The van der Waals surface area contributed by atoms with Crippen molar-refractivity contribution in [1.29, 1.82) is 0 Å². The smallest absolute Gasteiger partial charge is 0.255 e. The molecule has 3 rings (SSSR count). The topological polar surface area (TPSA) is 32.8 Å². The number of hydrogen-bond donors (Lipinski definition) is 0. The Morgan fingerprint density at radius 3 is 2.38 bits per heavy atom. The second-order valence-electron chi connectivity index (χ2n) is 5.60. The van der Waals surface area contributed by atoms with Gasteiger partial charge >= 0.3 is 0 Å². The van der Waals surface area contributed by atoms with Crippen molar-refractivity contribution >= 4 is 27.5 Å². The molecule has 1 fully saturated rings. The molecule has 0 unspecified atom stereocenters. The number of nitrogens with zero attached hydrogens (tertiary/aromatic N) is 2. The Morgan fingerprint density at radius 1 is 1.08 bits per heavy atom. The Hall–Kier alpha value is -2.08. The molecule has 1 amide bonds. The van der Waals surface area contributed by atoms with Crippen LogP contribution in [0.25, 0.3) is 0 Å². The minimum atomic E-state index is -0.404. The van der Waals surface area contributed by atoms with Crippen LogP contribution in [0, 0.1) is 5.82 Å². The van der Waals surface area contributed by atoms with Crippen molar-refractivity contribution in [3.05, 3.63) is 58.3 Å². The maximum absolute atomic E-state index is 13.4. The van der Waals surface area contributed by atoms with Gasteiger partial charge in [-0.3, -0.25) is 4.79 Å². The normalized spacial score (nSPS) is 14.6. The third kappa shape index (κ3) is 3.53. The van der Waals surface area contributed by atoms with Gasteiger partial charge in [0.2, 0.25) is 0 Å². The molecule has 0 atom stereocenters. The Labute approximate surface area is 149 Å². The largest absolute Gasteiger partial charge is 0.497 e. The molecule has 24 heavy (non-hydrogen) atoms. The number of carbonyl (C=O) groups excluding carboxylic acids is 1. The summed E-state index contributed by atoms with van der Waals surface area (Å²) in [6.45, 7) is 2.69. The molecular weight excluding hydrogens is 375 g/mol. The minimum Gasteiger partial charge on any atom is -0.497 e. The van der Waals surface area contributed by atoms with Gasteiger partial charge in [-0.2, -0.15) is 0 Å². The van der Waals surface area contributed by atoms with E-state index in [-0.39, 0.29) is 5.91 Å². The molecule has 4 nitrogen and oxygen atoms in total. The molecule has 1 aliphatic heterocycles. The van der Waals surface area contributed by atoms with E-state index in [1.165, 1.54) is 12.1 Å². The number of ether oxygens (including phenoxy) is 1. The highest BCUT2D eigenvalue weighted by Crippen LogP contribution is 2.23. The summed E-state index contributed by atoms with van der Waals surface area (Å²) in [6, 6.07) is 12.1. The lowest BCUT2D eigenvalue weighted by atomic mass is 10.1. The lowest BCUT2D eigenvalue weighted by molar-refractivity contribution is 0.0745. The molecule has 1 saturated heterocycles. The van der Waals surface area contributed by atoms with Gasteiger partial charge in [0.05, 0.1) is 12.7 Å². The lowest BCUT2D eigenvalue weighted by Crippen LogP contribution is -2.48. The van der Waals surface area contributed by atoms with Crippen LogP contribution in [0.15, 0.2) is 46.9 Å². The fraction of sp³-hybridized carbons (Fsp3) is 0.278. The summed E-state index contributed by atoms with van der Waals surface area (Å²) < 4.78 is 19.2. The highest BCUT2D eigenvalue weighted by Gasteiger charge is 2.24.